The molecule has 0 bridgehead atoms. The van der Waals surface area contributed by atoms with E-state index in [4.69, 9.17) is 9.47 Å². The van der Waals surface area contributed by atoms with E-state index in [9.17, 15) is 13.2 Å². The molecule has 0 radical (unpaired) electrons. The molecular weight excluding hydrogens is 356 g/mol. The zero-order valence-electron chi connectivity index (χ0n) is 15.1. The van der Waals surface area contributed by atoms with Crippen LogP contribution in [-0.4, -0.2) is 52.0 Å². The van der Waals surface area contributed by atoms with Crippen LogP contribution in [-0.2, 0) is 19.6 Å². The molecule has 2 aliphatic rings. The van der Waals surface area contributed by atoms with Gasteiger partial charge in [0.1, 0.15) is 5.75 Å². The van der Waals surface area contributed by atoms with Gasteiger partial charge in [-0.05, 0) is 31.0 Å². The highest BCUT2D eigenvalue weighted by molar-refractivity contribution is 7.89. The van der Waals surface area contributed by atoms with Gasteiger partial charge in [-0.15, -0.1) is 0 Å². The third-order valence-corrected chi connectivity index (χ3v) is 6.91. The van der Waals surface area contributed by atoms with Crippen molar-refractivity contribution in [1.82, 2.24) is 4.31 Å². The number of sulfonamides is 1. The summed E-state index contributed by atoms with van der Waals surface area (Å²) in [4.78, 5) is 12.7. The highest BCUT2D eigenvalue weighted by Crippen LogP contribution is 2.31. The van der Waals surface area contributed by atoms with Crippen LogP contribution in [0.2, 0.25) is 0 Å². The molecule has 1 N–H and O–H groups in total. The maximum Gasteiger partial charge on any atom is 0.243 e. The fourth-order valence-electron chi connectivity index (χ4n) is 3.48. The van der Waals surface area contributed by atoms with Gasteiger partial charge in [-0.2, -0.15) is 4.31 Å². The van der Waals surface area contributed by atoms with E-state index in [1.165, 1.54) is 30.0 Å². The van der Waals surface area contributed by atoms with Gasteiger partial charge in [-0.3, -0.25) is 4.79 Å². The molecule has 1 heterocycles. The molecular formula is C18H26N2O5S. The Hall–Kier alpha value is -1.64. The minimum Gasteiger partial charge on any atom is -0.495 e. The van der Waals surface area contributed by atoms with Crippen molar-refractivity contribution in [3.63, 3.8) is 0 Å². The van der Waals surface area contributed by atoms with Crippen LogP contribution >= 0.6 is 0 Å². The van der Waals surface area contributed by atoms with Gasteiger partial charge in [0.2, 0.25) is 15.9 Å². The Morgan fingerprint density at radius 2 is 1.88 bits per heavy atom. The lowest BCUT2D eigenvalue weighted by Gasteiger charge is -2.26. The van der Waals surface area contributed by atoms with Gasteiger partial charge in [-0.1, -0.05) is 19.3 Å². The summed E-state index contributed by atoms with van der Waals surface area (Å²) in [5.74, 6) is 0.368. The van der Waals surface area contributed by atoms with Crippen LogP contribution in [0.15, 0.2) is 23.1 Å². The highest BCUT2D eigenvalue weighted by Gasteiger charge is 2.28. The standard InChI is InChI=1S/C18H26N2O5S/c1-24-17-8-7-15(26(22,23)20-9-11-25-12-10-20)13-16(17)19-18(21)14-5-3-2-4-6-14/h7-8,13-14H,2-6,9-12H2,1H3,(H,19,21). The second-order valence-electron chi connectivity index (χ2n) is 6.70. The van der Waals surface area contributed by atoms with Crippen molar-refractivity contribution in [1.29, 1.82) is 0 Å². The number of carbonyl (C=O) groups excluding carboxylic acids is 1. The van der Waals surface area contributed by atoms with Crippen LogP contribution < -0.4 is 10.1 Å². The first kappa shape index (κ1) is 19.1. The van der Waals surface area contributed by atoms with Crippen LogP contribution in [0.5, 0.6) is 5.75 Å². The number of ether oxygens (including phenoxy) is 2. The molecule has 1 aromatic carbocycles. The van der Waals surface area contributed by atoms with E-state index in [1.807, 2.05) is 0 Å². The zero-order chi connectivity index (χ0) is 18.6. The topological polar surface area (TPSA) is 84.9 Å². The number of hydrogen-bond acceptors (Lipinski definition) is 5. The zero-order valence-corrected chi connectivity index (χ0v) is 15.9. The Morgan fingerprint density at radius 1 is 1.19 bits per heavy atom. The first-order chi connectivity index (χ1) is 12.5. The second kappa shape index (κ2) is 8.37. The van der Waals surface area contributed by atoms with Gasteiger partial charge in [0, 0.05) is 19.0 Å². The smallest absolute Gasteiger partial charge is 0.243 e. The summed E-state index contributed by atoms with van der Waals surface area (Å²) < 4.78 is 37.6. The Kier molecular flexibility index (Phi) is 6.16. The van der Waals surface area contributed by atoms with Gasteiger partial charge >= 0.3 is 0 Å². The van der Waals surface area contributed by atoms with Gasteiger partial charge < -0.3 is 14.8 Å². The molecule has 1 aliphatic carbocycles. The number of hydrogen-bond donors (Lipinski definition) is 1. The summed E-state index contributed by atoms with van der Waals surface area (Å²) in [5.41, 5.74) is 0.400. The average Bonchev–Trinajstić information content (AvgIpc) is 2.69. The van der Waals surface area contributed by atoms with Gasteiger partial charge in [0.05, 0.1) is 30.9 Å². The first-order valence-corrected chi connectivity index (χ1v) is 10.5. The molecule has 7 nitrogen and oxygen atoms in total. The lowest BCUT2D eigenvalue weighted by atomic mass is 9.88. The van der Waals surface area contributed by atoms with Crippen LogP contribution in [0.25, 0.3) is 0 Å². The van der Waals surface area contributed by atoms with E-state index >= 15 is 0 Å². The summed E-state index contributed by atoms with van der Waals surface area (Å²) in [5, 5.41) is 2.87. The second-order valence-corrected chi connectivity index (χ2v) is 8.64. The third-order valence-electron chi connectivity index (χ3n) is 5.01. The molecule has 3 rings (SSSR count). The average molecular weight is 382 g/mol. The molecule has 1 aliphatic heterocycles. The largest absolute Gasteiger partial charge is 0.495 e. The number of amides is 1. The molecule has 1 amide bonds. The van der Waals surface area contributed by atoms with E-state index in [0.717, 1.165) is 25.7 Å². The molecule has 0 unspecified atom stereocenters. The van der Waals surface area contributed by atoms with Crippen LogP contribution in [0.4, 0.5) is 5.69 Å². The summed E-state index contributed by atoms with van der Waals surface area (Å²) in [6.45, 7) is 1.44. The number of benzene rings is 1. The molecule has 1 saturated heterocycles. The van der Waals surface area contributed by atoms with Crippen LogP contribution in [0.3, 0.4) is 0 Å². The molecule has 1 aromatic rings. The van der Waals surface area contributed by atoms with Gasteiger partial charge in [0.15, 0.2) is 0 Å². The van der Waals surface area contributed by atoms with Crippen molar-refractivity contribution in [2.75, 3.05) is 38.7 Å². The summed E-state index contributed by atoms with van der Waals surface area (Å²) >= 11 is 0. The normalized spacial score (nSPS) is 19.9. The minimum atomic E-state index is -3.62. The van der Waals surface area contributed by atoms with Crippen molar-refractivity contribution in [2.24, 2.45) is 5.92 Å². The maximum atomic E-state index is 12.8. The fourth-order valence-corrected chi connectivity index (χ4v) is 4.92. The highest BCUT2D eigenvalue weighted by atomic mass is 32.2. The minimum absolute atomic E-state index is 0.0204. The SMILES string of the molecule is COc1ccc(S(=O)(=O)N2CCOCC2)cc1NC(=O)C1CCCCC1. The number of methoxy groups -OCH3 is 1. The summed E-state index contributed by atoms with van der Waals surface area (Å²) in [6, 6.07) is 4.59. The molecule has 2 fully saturated rings. The number of nitrogens with one attached hydrogen (secondary N) is 1. The molecule has 0 atom stereocenters. The quantitative estimate of drug-likeness (QED) is 0.844. The Bertz CT molecular complexity index is 738. The molecule has 26 heavy (non-hydrogen) atoms. The van der Waals surface area contributed by atoms with Crippen LogP contribution in [0, 0.1) is 5.92 Å². The molecule has 144 valence electrons. The number of nitrogens with zero attached hydrogens (tertiary/aromatic N) is 1. The molecule has 0 spiro atoms. The van der Waals surface area contributed by atoms with E-state index in [-0.39, 0.29) is 16.7 Å². The number of morpholine rings is 1. The lowest BCUT2D eigenvalue weighted by molar-refractivity contribution is -0.120. The molecule has 0 aromatic heterocycles. The number of rotatable bonds is 5. The Morgan fingerprint density at radius 3 is 2.54 bits per heavy atom. The van der Waals surface area contributed by atoms with E-state index in [0.29, 0.717) is 37.7 Å². The van der Waals surface area contributed by atoms with Crippen molar-refractivity contribution in [3.8, 4) is 5.75 Å². The Balaban J connectivity index is 1.82. The number of carbonyl (C=O) groups is 1. The van der Waals surface area contributed by atoms with Crippen molar-refractivity contribution >= 4 is 21.6 Å². The third kappa shape index (κ3) is 4.19. The van der Waals surface area contributed by atoms with Crippen molar-refractivity contribution in [2.45, 2.75) is 37.0 Å². The predicted octanol–water partition coefficient (Wildman–Crippen LogP) is 2.23. The monoisotopic (exact) mass is 382 g/mol. The molecule has 8 heteroatoms. The van der Waals surface area contributed by atoms with Crippen molar-refractivity contribution < 1.29 is 22.7 Å². The fraction of sp³-hybridized carbons (Fsp3) is 0.611. The predicted molar refractivity (Wildman–Crippen MR) is 97.8 cm³/mol. The van der Waals surface area contributed by atoms with Gasteiger partial charge in [0.25, 0.3) is 0 Å². The summed E-state index contributed by atoms with van der Waals surface area (Å²) in [7, 11) is -2.12. The van der Waals surface area contributed by atoms with Crippen molar-refractivity contribution in [3.05, 3.63) is 18.2 Å². The molecule has 1 saturated carbocycles. The van der Waals surface area contributed by atoms with Gasteiger partial charge in [-0.25, -0.2) is 8.42 Å². The Labute approximate surface area is 154 Å². The maximum absolute atomic E-state index is 12.8. The lowest BCUT2D eigenvalue weighted by Crippen LogP contribution is -2.40. The summed E-state index contributed by atoms with van der Waals surface area (Å²) in [6.07, 6.45) is 5.03. The van der Waals surface area contributed by atoms with E-state index in [1.54, 1.807) is 6.07 Å². The van der Waals surface area contributed by atoms with E-state index in [2.05, 4.69) is 5.32 Å². The van der Waals surface area contributed by atoms with E-state index < -0.39 is 10.0 Å². The number of anilines is 1. The van der Waals surface area contributed by atoms with Crippen LogP contribution in [0.1, 0.15) is 32.1 Å². The first-order valence-electron chi connectivity index (χ1n) is 9.09.